The molecule has 3 heteroatoms. The first-order valence-corrected chi connectivity index (χ1v) is 7.09. The molecule has 0 heterocycles. The Kier molecular flexibility index (Phi) is 4.35. The molecule has 100 valence electrons. The van der Waals surface area contributed by atoms with Crippen LogP contribution in [0.3, 0.4) is 0 Å². The van der Waals surface area contributed by atoms with Gasteiger partial charge in [-0.2, -0.15) is 0 Å². The van der Waals surface area contributed by atoms with Gasteiger partial charge in [0.15, 0.2) is 11.6 Å². The molecule has 0 aliphatic carbocycles. The van der Waals surface area contributed by atoms with Gasteiger partial charge in [0, 0.05) is 0 Å². The van der Waals surface area contributed by atoms with E-state index in [-0.39, 0.29) is 4.83 Å². The number of halogens is 3. The smallest absolute Gasteiger partial charge is 0.159 e. The van der Waals surface area contributed by atoms with E-state index in [9.17, 15) is 8.78 Å². The van der Waals surface area contributed by atoms with Gasteiger partial charge in [0.1, 0.15) is 0 Å². The van der Waals surface area contributed by atoms with Crippen molar-refractivity contribution in [3.05, 3.63) is 70.8 Å². The number of alkyl halides is 1. The van der Waals surface area contributed by atoms with Crippen molar-refractivity contribution in [3.63, 3.8) is 0 Å². The van der Waals surface area contributed by atoms with Crippen LogP contribution < -0.4 is 0 Å². The maximum Gasteiger partial charge on any atom is 0.159 e. The third-order valence-corrected chi connectivity index (χ3v) is 4.19. The van der Waals surface area contributed by atoms with Crippen LogP contribution in [0.25, 0.3) is 0 Å². The normalized spacial score (nSPS) is 12.7. The molecule has 2 aromatic rings. The zero-order valence-electron chi connectivity index (χ0n) is 10.8. The minimum atomic E-state index is -0.821. The highest BCUT2D eigenvalue weighted by atomic mass is 79.9. The maximum absolute atomic E-state index is 13.2. The summed E-state index contributed by atoms with van der Waals surface area (Å²) in [7, 11) is 0. The summed E-state index contributed by atoms with van der Waals surface area (Å²) in [5.41, 5.74) is 2.99. The lowest BCUT2D eigenvalue weighted by Crippen LogP contribution is -1.96. The van der Waals surface area contributed by atoms with Crippen LogP contribution in [0, 0.1) is 11.6 Å². The predicted molar refractivity (Wildman–Crippen MR) is 77.7 cm³/mol. The Balaban J connectivity index is 2.27. The molecule has 0 spiro atoms. The van der Waals surface area contributed by atoms with Crippen LogP contribution in [0.2, 0.25) is 0 Å². The largest absolute Gasteiger partial charge is 0.204 e. The van der Waals surface area contributed by atoms with Gasteiger partial charge in [-0.1, -0.05) is 60.1 Å². The molecule has 0 aromatic heterocycles. The van der Waals surface area contributed by atoms with Crippen molar-refractivity contribution in [1.82, 2.24) is 0 Å². The first-order chi connectivity index (χ1) is 8.99. The van der Waals surface area contributed by atoms with Crippen LogP contribution in [0.4, 0.5) is 8.78 Å². The highest BCUT2D eigenvalue weighted by Crippen LogP contribution is 2.32. The SMILES string of the molecule is CC(C)c1ccc(C(Br)c2ccc(F)c(F)c2)cc1. The molecule has 0 aliphatic rings. The van der Waals surface area contributed by atoms with Gasteiger partial charge in [0.05, 0.1) is 4.83 Å². The van der Waals surface area contributed by atoms with E-state index < -0.39 is 11.6 Å². The molecule has 1 unspecified atom stereocenters. The average Bonchev–Trinajstić information content (AvgIpc) is 2.41. The second-order valence-electron chi connectivity index (χ2n) is 4.86. The van der Waals surface area contributed by atoms with E-state index in [1.807, 2.05) is 12.1 Å². The van der Waals surface area contributed by atoms with E-state index in [1.54, 1.807) is 6.07 Å². The van der Waals surface area contributed by atoms with E-state index in [2.05, 4.69) is 41.9 Å². The summed E-state index contributed by atoms with van der Waals surface area (Å²) < 4.78 is 26.1. The molecule has 0 saturated carbocycles. The minimum Gasteiger partial charge on any atom is -0.204 e. The van der Waals surface area contributed by atoms with E-state index in [1.165, 1.54) is 11.6 Å². The van der Waals surface area contributed by atoms with E-state index in [4.69, 9.17) is 0 Å². The molecule has 0 bridgehead atoms. The van der Waals surface area contributed by atoms with Crippen LogP contribution in [0.5, 0.6) is 0 Å². The topological polar surface area (TPSA) is 0 Å². The number of hydrogen-bond donors (Lipinski definition) is 0. The molecule has 0 fully saturated rings. The molecule has 0 nitrogen and oxygen atoms in total. The van der Waals surface area contributed by atoms with E-state index in [0.29, 0.717) is 11.5 Å². The van der Waals surface area contributed by atoms with Gasteiger partial charge >= 0.3 is 0 Å². The van der Waals surface area contributed by atoms with Gasteiger partial charge < -0.3 is 0 Å². The van der Waals surface area contributed by atoms with Gasteiger partial charge in [-0.3, -0.25) is 0 Å². The Labute approximate surface area is 120 Å². The highest BCUT2D eigenvalue weighted by Gasteiger charge is 2.13. The van der Waals surface area contributed by atoms with Gasteiger partial charge in [-0.05, 0) is 34.7 Å². The number of benzene rings is 2. The molecule has 0 saturated heterocycles. The fraction of sp³-hybridized carbons (Fsp3) is 0.250. The fourth-order valence-corrected chi connectivity index (χ4v) is 2.50. The summed E-state index contributed by atoms with van der Waals surface area (Å²) in [6.45, 7) is 4.27. The third kappa shape index (κ3) is 3.21. The van der Waals surface area contributed by atoms with Crippen molar-refractivity contribution < 1.29 is 8.78 Å². The third-order valence-electron chi connectivity index (χ3n) is 3.13. The van der Waals surface area contributed by atoms with Crippen molar-refractivity contribution >= 4 is 15.9 Å². The lowest BCUT2D eigenvalue weighted by Gasteiger charge is -2.13. The molecule has 0 aliphatic heterocycles. The Morgan fingerprint density at radius 2 is 1.32 bits per heavy atom. The van der Waals surface area contributed by atoms with Crippen LogP contribution in [-0.2, 0) is 0 Å². The van der Waals surface area contributed by atoms with Crippen LogP contribution in [0.1, 0.15) is 41.3 Å². The zero-order chi connectivity index (χ0) is 14.0. The van der Waals surface area contributed by atoms with Crippen molar-refractivity contribution in [1.29, 1.82) is 0 Å². The second kappa shape index (κ2) is 5.83. The molecule has 2 aromatic carbocycles. The number of hydrogen-bond acceptors (Lipinski definition) is 0. The monoisotopic (exact) mass is 324 g/mol. The lowest BCUT2D eigenvalue weighted by molar-refractivity contribution is 0.507. The Morgan fingerprint density at radius 3 is 1.84 bits per heavy atom. The lowest BCUT2D eigenvalue weighted by atomic mass is 9.99. The van der Waals surface area contributed by atoms with Crippen LogP contribution in [0.15, 0.2) is 42.5 Å². The minimum absolute atomic E-state index is 0.135. The highest BCUT2D eigenvalue weighted by molar-refractivity contribution is 9.09. The predicted octanol–water partition coefficient (Wildman–Crippen LogP) is 5.57. The first kappa shape index (κ1) is 14.2. The Bertz CT molecular complexity index is 561. The van der Waals surface area contributed by atoms with Gasteiger partial charge in [-0.15, -0.1) is 0 Å². The quantitative estimate of drug-likeness (QED) is 0.647. The van der Waals surface area contributed by atoms with E-state index in [0.717, 1.165) is 11.6 Å². The summed E-state index contributed by atoms with van der Waals surface area (Å²) in [4.78, 5) is -0.135. The van der Waals surface area contributed by atoms with Gasteiger partial charge in [0.25, 0.3) is 0 Å². The summed E-state index contributed by atoms with van der Waals surface area (Å²) in [6, 6.07) is 12.1. The van der Waals surface area contributed by atoms with Crippen molar-refractivity contribution in [3.8, 4) is 0 Å². The molecular formula is C16H15BrF2. The molecule has 19 heavy (non-hydrogen) atoms. The van der Waals surface area contributed by atoms with Gasteiger partial charge in [0.2, 0.25) is 0 Å². The second-order valence-corrected chi connectivity index (χ2v) is 5.77. The Morgan fingerprint density at radius 1 is 0.789 bits per heavy atom. The van der Waals surface area contributed by atoms with Crippen molar-refractivity contribution in [2.75, 3.05) is 0 Å². The average molecular weight is 325 g/mol. The molecule has 0 N–H and O–H groups in total. The summed E-state index contributed by atoms with van der Waals surface area (Å²) in [5, 5.41) is 0. The Hall–Kier alpha value is -1.22. The molecular weight excluding hydrogens is 310 g/mol. The van der Waals surface area contributed by atoms with Crippen LogP contribution in [-0.4, -0.2) is 0 Å². The summed E-state index contributed by atoms with van der Waals surface area (Å²) >= 11 is 3.53. The fourth-order valence-electron chi connectivity index (χ4n) is 1.91. The maximum atomic E-state index is 13.2. The van der Waals surface area contributed by atoms with E-state index >= 15 is 0 Å². The number of rotatable bonds is 3. The van der Waals surface area contributed by atoms with Crippen LogP contribution >= 0.6 is 15.9 Å². The first-order valence-electron chi connectivity index (χ1n) is 6.18. The summed E-state index contributed by atoms with van der Waals surface area (Å²) in [6.07, 6.45) is 0. The molecule has 2 rings (SSSR count). The molecule has 0 amide bonds. The molecule has 1 atom stereocenters. The summed E-state index contributed by atoms with van der Waals surface area (Å²) in [5.74, 6) is -1.16. The van der Waals surface area contributed by atoms with Gasteiger partial charge in [-0.25, -0.2) is 8.78 Å². The molecule has 0 radical (unpaired) electrons. The van der Waals surface area contributed by atoms with Crippen molar-refractivity contribution in [2.45, 2.75) is 24.6 Å². The zero-order valence-corrected chi connectivity index (χ0v) is 12.4. The van der Waals surface area contributed by atoms with Crippen molar-refractivity contribution in [2.24, 2.45) is 0 Å². The standard InChI is InChI=1S/C16H15BrF2/c1-10(2)11-3-5-12(6-4-11)16(17)13-7-8-14(18)15(19)9-13/h3-10,16H,1-2H3.